The summed E-state index contributed by atoms with van der Waals surface area (Å²) in [5.41, 5.74) is 12.1. The molecule has 0 aliphatic heterocycles. The number of aliphatic hydroxyl groups excluding tert-OH is 2. The van der Waals surface area contributed by atoms with Gasteiger partial charge in [-0.2, -0.15) is 17.5 Å². The minimum absolute atomic E-state index is 0. The summed E-state index contributed by atoms with van der Waals surface area (Å²) in [5.74, 6) is 12.1. The molecule has 0 aromatic heterocycles. The van der Waals surface area contributed by atoms with Crippen LogP contribution in [0.2, 0.25) is 36.3 Å². The Hall–Kier alpha value is -1.62. The van der Waals surface area contributed by atoms with Crippen LogP contribution in [0.15, 0.2) is 94.7 Å². The molecule has 752 valence electrons. The number of carbonyl (C=O) groups is 2. The predicted octanol–water partition coefficient (Wildman–Crippen LogP) is 32.4. The molecule has 11 fully saturated rings. The molecule has 11 heteroatoms. The number of hydrogen-bond acceptors (Lipinski definition) is 7. The third-order valence-corrected chi connectivity index (χ3v) is 48.4. The standard InChI is InChI=1S/C35H62OSi.C27H44O3.C19H34O.C18H32O2.C11H18.C6H15ClSi.C4H9.Li/c1-11-37(12-2,13-3)36-34(8,9)22-14-16-26(4)32-20-21-33-31(17-15-23-35(32,33)10)19-18-30-24-27(5)29(7)28(6)25-30;1-18(8-6-14-26(3,4)30)22-12-13-23-21(9-7-15-27(22,23)5)11-10-20-16-24(28)19(2)25(29)17-20;1-14(8-6-12-18(2,3)4)15-10-11-16-17(20)9-7-13-19(15,16)5;1-13(7-5-11-17(2,3)20)14-9-10-15-16(19)8-6-12-18(14,15)4;1-5-11-6-8(2)10(4)9(3)7-11;1-4-8(7,5-2)6-3;1-3-4-2;/h18-19,26-28,32-33H,7,11-17,20-25H2,1-6,8-10H3;10-11,18,22-25,28-30H,2,6-9,12-17H2,1,3-5H3;14-16H,6-13H2,1-5H3;13-15,20H,5-12H2,1-4H3;5,8-9H,4,6-7H2,1-3H3;4-6H2,1-3H3;1,3-4H2,2H3;/q;;;;;;-1;+1/b31-19+;21-11+;;;;;;/t26-,27-,28-,32?,33?,35-;18-,22?,23?,24-,25-,27-;14-,15?,16-,19+;13-,14?,15-,18+;8-,9-;;;/m11001.../s1. The van der Waals surface area contributed by atoms with Gasteiger partial charge in [0.05, 0.1) is 29.0 Å². The molecule has 0 bridgehead atoms. The fourth-order valence-electron chi connectivity index (χ4n) is 28.2. The first-order chi connectivity index (χ1) is 60.6. The van der Waals surface area contributed by atoms with E-state index in [4.69, 9.17) is 15.5 Å². The van der Waals surface area contributed by atoms with Crippen LogP contribution in [0.4, 0.5) is 0 Å². The summed E-state index contributed by atoms with van der Waals surface area (Å²) in [5, 5.41) is 40.1. The molecule has 22 atom stereocenters. The smallest absolute Gasteiger partial charge is 0.412 e. The molecule has 0 spiro atoms. The summed E-state index contributed by atoms with van der Waals surface area (Å²) in [4.78, 5) is 24.4. The van der Waals surface area contributed by atoms with Gasteiger partial charge in [-0.3, -0.25) is 9.59 Å². The number of halogens is 1. The molecular formula is C120H214ClLiO7Si2. The summed E-state index contributed by atoms with van der Waals surface area (Å²) < 4.78 is 6.92. The van der Waals surface area contributed by atoms with Crippen LogP contribution in [0.1, 0.15) is 458 Å². The van der Waals surface area contributed by atoms with Crippen LogP contribution in [0.25, 0.3) is 0 Å². The Balaban J connectivity index is 0.000000344. The fourth-order valence-corrected chi connectivity index (χ4v) is 32.9. The summed E-state index contributed by atoms with van der Waals surface area (Å²) >= 11 is 6.23. The Morgan fingerprint density at radius 2 is 0.733 bits per heavy atom. The second kappa shape index (κ2) is 55.1. The van der Waals surface area contributed by atoms with Gasteiger partial charge in [0, 0.05) is 24.7 Å². The van der Waals surface area contributed by atoms with Gasteiger partial charge >= 0.3 is 18.9 Å². The van der Waals surface area contributed by atoms with Crippen LogP contribution >= 0.6 is 11.1 Å². The largest absolute Gasteiger partial charge is 1.00 e. The van der Waals surface area contributed by atoms with Crippen LogP contribution in [0.3, 0.4) is 0 Å². The summed E-state index contributed by atoms with van der Waals surface area (Å²) in [6.45, 7) is 82.3. The minimum atomic E-state index is -1.55. The monoisotopic (exact) mass is 1870 g/mol. The normalized spacial score (nSPS) is 32.5. The maximum absolute atomic E-state index is 12.2. The minimum Gasteiger partial charge on any atom is -0.412 e. The van der Waals surface area contributed by atoms with Crippen molar-refractivity contribution >= 4 is 38.3 Å². The van der Waals surface area contributed by atoms with E-state index >= 15 is 0 Å². The Morgan fingerprint density at radius 3 is 1.02 bits per heavy atom. The molecule has 6 unspecified atom stereocenters. The van der Waals surface area contributed by atoms with E-state index in [1.54, 1.807) is 22.3 Å². The van der Waals surface area contributed by atoms with Crippen molar-refractivity contribution in [1.29, 1.82) is 0 Å². The number of ketones is 2. The number of Topliss-reactive ketones (excluding diaryl/α,β-unsaturated/α-hetero) is 2. The molecule has 0 aromatic carbocycles. The third kappa shape index (κ3) is 35.8. The first kappa shape index (κ1) is 122. The van der Waals surface area contributed by atoms with Crippen molar-refractivity contribution in [1.82, 2.24) is 0 Å². The fraction of sp³-hybridized carbons (Fsp3) is 0.842. The maximum atomic E-state index is 12.2. The molecule has 0 heterocycles. The van der Waals surface area contributed by atoms with E-state index in [1.165, 1.54) is 227 Å². The zero-order valence-electron chi connectivity index (χ0n) is 92.0. The number of unbranched alkanes of at least 4 members (excludes halogenated alkanes) is 1. The SMILES string of the molecule is C=C1[C@H](C)CC(=C/C=C2\CCC[C@@]3(C)C2CCC3[C@H](C)CCCC(C)(C)O[Si](CC)(CC)CC)C[C@H]1C.C=C1[C@H](C)CC(=CC)C[C@H]1C.C=C1[C@H](O)CC(=C/C=C2\CCC[C@@]3(C)C2CCC3[C@H](C)CCCC(C)(C)O)C[C@H]1O.CC[Si](Cl)(CC)CC.C[C@@H](CCCC(C)(C)C)C1CC[C@H]2C(=O)CCC[C@]12C.C[C@@H](CCCC(C)(C)O)C1CC[C@H]2C(=O)CCC[C@]12C.[CH2-]CCC.[Li+]. The molecule has 131 heavy (non-hydrogen) atoms. The molecule has 11 aliphatic rings. The van der Waals surface area contributed by atoms with Gasteiger partial charge in [-0.05, 0) is 380 Å². The molecule has 0 aromatic rings. The molecule has 11 aliphatic carbocycles. The van der Waals surface area contributed by atoms with Crippen molar-refractivity contribution in [3.8, 4) is 0 Å². The molecule has 4 N–H and O–H groups in total. The second-order valence-electron chi connectivity index (χ2n) is 49.8. The van der Waals surface area contributed by atoms with Gasteiger partial charge in [-0.1, -0.05) is 299 Å². The van der Waals surface area contributed by atoms with Crippen molar-refractivity contribution in [3.63, 3.8) is 0 Å². The molecule has 0 amide bonds. The number of fused-ring (bicyclic) bond motifs is 4. The number of aliphatic hydroxyl groups is 4. The second-order valence-corrected chi connectivity index (χ2v) is 61.3. The van der Waals surface area contributed by atoms with Gasteiger partial charge in [0.2, 0.25) is 0 Å². The van der Waals surface area contributed by atoms with E-state index in [0.29, 0.717) is 111 Å². The van der Waals surface area contributed by atoms with E-state index in [-0.39, 0.29) is 29.9 Å². The first-order valence-electron chi connectivity index (χ1n) is 55.1. The number of allylic oxidation sites excluding steroid dienone is 11. The van der Waals surface area contributed by atoms with Gasteiger partial charge < -0.3 is 31.8 Å². The molecule has 7 nitrogen and oxygen atoms in total. The molecule has 11 saturated carbocycles. The van der Waals surface area contributed by atoms with E-state index in [9.17, 15) is 30.0 Å². The van der Waals surface area contributed by atoms with Crippen molar-refractivity contribution in [2.75, 3.05) is 0 Å². The van der Waals surface area contributed by atoms with Crippen molar-refractivity contribution in [2.24, 2.45) is 122 Å². The zero-order valence-corrected chi connectivity index (χ0v) is 94.8. The maximum Gasteiger partial charge on any atom is 1.00 e. The van der Waals surface area contributed by atoms with Crippen LogP contribution in [0.5, 0.6) is 0 Å². The van der Waals surface area contributed by atoms with Crippen LogP contribution in [-0.2, 0) is 14.0 Å². The van der Waals surface area contributed by atoms with Gasteiger partial charge in [-0.15, -0.1) is 0 Å². The number of carbonyl (C=O) groups excluding carboxylic acids is 2. The topological polar surface area (TPSA) is 124 Å². The van der Waals surface area contributed by atoms with Crippen LogP contribution < -0.4 is 18.9 Å². The Morgan fingerprint density at radius 1 is 0.443 bits per heavy atom. The Kier molecular flexibility index (Phi) is 51.2. The molecule has 11 rings (SSSR count). The Labute approximate surface area is 831 Å². The number of rotatable bonds is 30. The summed E-state index contributed by atoms with van der Waals surface area (Å²) in [6, 6.07) is 7.43. The van der Waals surface area contributed by atoms with E-state index in [0.717, 1.165) is 105 Å². The third-order valence-electron chi connectivity index (χ3n) is 37.3. The molecule has 0 saturated heterocycles. The van der Waals surface area contributed by atoms with E-state index in [2.05, 4.69) is 230 Å². The van der Waals surface area contributed by atoms with Crippen molar-refractivity contribution in [3.05, 3.63) is 102 Å². The van der Waals surface area contributed by atoms with Crippen LogP contribution in [-0.4, -0.2) is 76.7 Å². The van der Waals surface area contributed by atoms with Gasteiger partial charge in [0.15, 0.2) is 15.7 Å². The quantitative estimate of drug-likeness (QED) is 0.0244. The predicted molar refractivity (Wildman–Crippen MR) is 572 cm³/mol. The first-order valence-corrected chi connectivity index (χ1v) is 61.3. The van der Waals surface area contributed by atoms with Crippen molar-refractivity contribution in [2.45, 2.75) is 523 Å². The zero-order chi connectivity index (χ0) is 97.9. The van der Waals surface area contributed by atoms with E-state index < -0.39 is 39.1 Å². The molecular weight excluding hydrogens is 1650 g/mol. The van der Waals surface area contributed by atoms with E-state index in [1.807, 2.05) is 27.7 Å². The van der Waals surface area contributed by atoms with Gasteiger partial charge in [-0.25, -0.2) is 0 Å². The van der Waals surface area contributed by atoms with Gasteiger partial charge in [0.25, 0.3) is 0 Å². The van der Waals surface area contributed by atoms with Gasteiger partial charge in [0.1, 0.15) is 11.6 Å². The summed E-state index contributed by atoms with van der Waals surface area (Å²) in [7, 11) is -2.74. The number of hydrogen-bond donors (Lipinski definition) is 4. The van der Waals surface area contributed by atoms with Crippen molar-refractivity contribution < 1.29 is 53.3 Å². The average molecular weight is 1870 g/mol. The summed E-state index contributed by atoms with van der Waals surface area (Å²) in [6.07, 6.45) is 57.9. The Bertz CT molecular complexity index is 3470. The average Bonchev–Trinajstić information content (AvgIpc) is 1.65. The van der Waals surface area contributed by atoms with Crippen LogP contribution in [0, 0.1) is 129 Å². The molecule has 0 radical (unpaired) electrons.